The highest BCUT2D eigenvalue weighted by Crippen LogP contribution is 2.32. The predicted molar refractivity (Wildman–Crippen MR) is 91.3 cm³/mol. The predicted octanol–water partition coefficient (Wildman–Crippen LogP) is 2.65. The number of hydrazine groups is 1. The van der Waals surface area contributed by atoms with Crippen molar-refractivity contribution in [2.24, 2.45) is 0 Å². The molecule has 2 N–H and O–H groups in total. The molecule has 0 fully saturated rings. The lowest BCUT2D eigenvalue weighted by Gasteiger charge is -2.05. The molecule has 0 saturated heterocycles. The van der Waals surface area contributed by atoms with Gasteiger partial charge in [-0.1, -0.05) is 22.0 Å². The first-order valence-corrected chi connectivity index (χ1v) is 7.85. The first-order valence-electron chi connectivity index (χ1n) is 7.05. The second-order valence-electron chi connectivity index (χ2n) is 4.90. The van der Waals surface area contributed by atoms with Gasteiger partial charge in [0.25, 0.3) is 11.8 Å². The Hall–Kier alpha value is -2.80. The summed E-state index contributed by atoms with van der Waals surface area (Å²) in [4.78, 5) is 23.6. The normalized spacial score (nSPS) is 12.2. The van der Waals surface area contributed by atoms with Crippen molar-refractivity contribution >= 4 is 33.8 Å². The van der Waals surface area contributed by atoms with Gasteiger partial charge in [-0.15, -0.1) is 0 Å². The minimum absolute atomic E-state index is 0.199. The summed E-state index contributed by atoms with van der Waals surface area (Å²) in [7, 11) is 0. The Bertz CT molecular complexity index is 803. The van der Waals surface area contributed by atoms with Crippen molar-refractivity contribution < 1.29 is 19.1 Å². The van der Waals surface area contributed by atoms with Gasteiger partial charge in [-0.2, -0.15) is 0 Å². The van der Waals surface area contributed by atoms with Crippen molar-refractivity contribution in [1.29, 1.82) is 0 Å². The topological polar surface area (TPSA) is 76.7 Å². The number of halogens is 1. The van der Waals surface area contributed by atoms with Gasteiger partial charge in [-0.25, -0.2) is 0 Å². The second-order valence-corrected chi connectivity index (χ2v) is 5.81. The minimum Gasteiger partial charge on any atom is -0.454 e. The van der Waals surface area contributed by atoms with Crippen LogP contribution in [-0.2, 0) is 4.79 Å². The number of ether oxygens (including phenoxy) is 2. The fourth-order valence-electron chi connectivity index (χ4n) is 2.02. The Morgan fingerprint density at radius 3 is 2.54 bits per heavy atom. The molecule has 0 atom stereocenters. The molecule has 2 amide bonds. The Kier molecular flexibility index (Phi) is 4.81. The van der Waals surface area contributed by atoms with Gasteiger partial charge in [0.2, 0.25) is 6.79 Å². The number of carbonyl (C=O) groups excluding carboxylic acids is 2. The molecular weight excluding hydrogens is 376 g/mol. The molecule has 0 saturated carbocycles. The molecule has 1 heterocycles. The molecule has 24 heavy (non-hydrogen) atoms. The van der Waals surface area contributed by atoms with Crippen LogP contribution in [0.1, 0.15) is 15.9 Å². The van der Waals surface area contributed by atoms with Crippen LogP contribution in [0.5, 0.6) is 11.5 Å². The maximum atomic E-state index is 11.9. The van der Waals surface area contributed by atoms with E-state index >= 15 is 0 Å². The Morgan fingerprint density at radius 1 is 1.00 bits per heavy atom. The SMILES string of the molecule is O=C(/C=C/c1ccc2c(c1)OCO2)NNC(=O)c1ccc(Br)cc1. The summed E-state index contributed by atoms with van der Waals surface area (Å²) in [6, 6.07) is 12.1. The van der Waals surface area contributed by atoms with Gasteiger partial charge in [0.15, 0.2) is 11.5 Å². The number of fused-ring (bicyclic) bond motifs is 1. The van der Waals surface area contributed by atoms with Crippen LogP contribution in [0.15, 0.2) is 53.0 Å². The molecule has 3 rings (SSSR count). The van der Waals surface area contributed by atoms with E-state index in [0.29, 0.717) is 17.1 Å². The summed E-state index contributed by atoms with van der Waals surface area (Å²) in [5.74, 6) is 0.477. The molecule has 2 aromatic rings. The molecule has 1 aliphatic rings. The molecular formula is C17H13BrN2O4. The van der Waals surface area contributed by atoms with Crippen LogP contribution in [0.4, 0.5) is 0 Å². The summed E-state index contributed by atoms with van der Waals surface area (Å²) in [6.45, 7) is 0.199. The highest BCUT2D eigenvalue weighted by atomic mass is 79.9. The number of amides is 2. The molecule has 7 heteroatoms. The van der Waals surface area contributed by atoms with Crippen molar-refractivity contribution in [1.82, 2.24) is 10.9 Å². The zero-order valence-corrected chi connectivity index (χ0v) is 14.0. The fraction of sp³-hybridized carbons (Fsp3) is 0.0588. The maximum Gasteiger partial charge on any atom is 0.269 e. The Labute approximate surface area is 146 Å². The maximum absolute atomic E-state index is 11.9. The first-order chi connectivity index (χ1) is 11.6. The van der Waals surface area contributed by atoms with Gasteiger partial charge in [-0.05, 0) is 48.0 Å². The van der Waals surface area contributed by atoms with Gasteiger partial charge in [-0.3, -0.25) is 20.4 Å². The molecule has 0 aliphatic carbocycles. The summed E-state index contributed by atoms with van der Waals surface area (Å²) in [5.41, 5.74) is 5.90. The quantitative estimate of drug-likeness (QED) is 0.625. The highest BCUT2D eigenvalue weighted by molar-refractivity contribution is 9.10. The van der Waals surface area contributed by atoms with E-state index in [0.717, 1.165) is 10.0 Å². The zero-order valence-electron chi connectivity index (χ0n) is 12.4. The van der Waals surface area contributed by atoms with Gasteiger partial charge < -0.3 is 9.47 Å². The first kappa shape index (κ1) is 16.1. The molecule has 1 aliphatic heterocycles. The summed E-state index contributed by atoms with van der Waals surface area (Å²) < 4.78 is 11.4. The van der Waals surface area contributed by atoms with Gasteiger partial charge in [0.1, 0.15) is 0 Å². The lowest BCUT2D eigenvalue weighted by molar-refractivity contribution is -0.117. The number of rotatable bonds is 3. The summed E-state index contributed by atoms with van der Waals surface area (Å²) in [6.07, 6.45) is 2.93. The van der Waals surface area contributed by atoms with Crippen LogP contribution in [0.3, 0.4) is 0 Å². The smallest absolute Gasteiger partial charge is 0.269 e. The van der Waals surface area contributed by atoms with Gasteiger partial charge in [0.05, 0.1) is 0 Å². The fourth-order valence-corrected chi connectivity index (χ4v) is 2.29. The third-order valence-corrected chi connectivity index (χ3v) is 3.76. The largest absolute Gasteiger partial charge is 0.454 e. The van der Waals surface area contributed by atoms with Crippen molar-refractivity contribution in [3.63, 3.8) is 0 Å². The van der Waals surface area contributed by atoms with Crippen molar-refractivity contribution in [2.75, 3.05) is 6.79 Å². The second kappa shape index (κ2) is 7.18. The van der Waals surface area contributed by atoms with E-state index in [1.165, 1.54) is 6.08 Å². The van der Waals surface area contributed by atoms with Gasteiger partial charge in [0, 0.05) is 16.1 Å². The summed E-state index contributed by atoms with van der Waals surface area (Å²) >= 11 is 3.29. The van der Waals surface area contributed by atoms with Crippen LogP contribution in [0, 0.1) is 0 Å². The number of hydrogen-bond donors (Lipinski definition) is 2. The van der Waals surface area contributed by atoms with E-state index < -0.39 is 11.8 Å². The molecule has 6 nitrogen and oxygen atoms in total. The lowest BCUT2D eigenvalue weighted by Crippen LogP contribution is -2.40. The van der Waals surface area contributed by atoms with Crippen LogP contribution >= 0.6 is 15.9 Å². The van der Waals surface area contributed by atoms with Gasteiger partial charge >= 0.3 is 0 Å². The standard InChI is InChI=1S/C17H13BrN2O4/c18-13-5-3-12(4-6-13)17(22)20-19-16(21)8-2-11-1-7-14-15(9-11)24-10-23-14/h1-9H,10H2,(H,19,21)(H,20,22)/b8-2+. The lowest BCUT2D eigenvalue weighted by atomic mass is 10.2. The van der Waals surface area contributed by atoms with E-state index in [2.05, 4.69) is 26.8 Å². The Balaban J connectivity index is 1.53. The van der Waals surface area contributed by atoms with Crippen molar-refractivity contribution in [3.8, 4) is 11.5 Å². The number of nitrogens with one attached hydrogen (secondary N) is 2. The molecule has 0 spiro atoms. The monoisotopic (exact) mass is 388 g/mol. The van der Waals surface area contributed by atoms with E-state index in [1.807, 2.05) is 0 Å². The van der Waals surface area contributed by atoms with E-state index in [9.17, 15) is 9.59 Å². The van der Waals surface area contributed by atoms with Crippen molar-refractivity contribution in [2.45, 2.75) is 0 Å². The molecule has 2 aromatic carbocycles. The molecule has 122 valence electrons. The summed E-state index contributed by atoms with van der Waals surface area (Å²) in [5, 5.41) is 0. The third kappa shape index (κ3) is 3.94. The number of benzene rings is 2. The molecule has 0 unspecified atom stereocenters. The van der Waals surface area contributed by atoms with Crippen LogP contribution in [-0.4, -0.2) is 18.6 Å². The molecule has 0 aromatic heterocycles. The number of hydrogen-bond acceptors (Lipinski definition) is 4. The molecule has 0 bridgehead atoms. The number of carbonyl (C=O) groups is 2. The van der Waals surface area contributed by atoms with Crippen LogP contribution < -0.4 is 20.3 Å². The molecule has 0 radical (unpaired) electrons. The highest BCUT2D eigenvalue weighted by Gasteiger charge is 2.12. The van der Waals surface area contributed by atoms with Crippen LogP contribution in [0.25, 0.3) is 6.08 Å². The van der Waals surface area contributed by atoms with Crippen molar-refractivity contribution in [3.05, 3.63) is 64.1 Å². The van der Waals surface area contributed by atoms with Crippen LogP contribution in [0.2, 0.25) is 0 Å². The van der Waals surface area contributed by atoms with E-state index in [-0.39, 0.29) is 6.79 Å². The zero-order chi connectivity index (χ0) is 16.9. The average Bonchev–Trinajstić information content (AvgIpc) is 3.06. The van der Waals surface area contributed by atoms with E-state index in [1.54, 1.807) is 48.5 Å². The third-order valence-electron chi connectivity index (χ3n) is 3.23. The average molecular weight is 389 g/mol. The Morgan fingerprint density at radius 2 is 1.75 bits per heavy atom. The van der Waals surface area contributed by atoms with E-state index in [4.69, 9.17) is 9.47 Å². The minimum atomic E-state index is -0.446.